The molecule has 0 amide bonds. The van der Waals surface area contributed by atoms with Crippen LogP contribution in [-0.2, 0) is 13.2 Å². The number of fused-ring (bicyclic) bond motifs is 3. The number of para-hydroxylation sites is 1. The standard InChI is InChI=1S/C18H21NO/c1-2-3-6-11-19-17-8-5-4-7-15(17)16-12-14(13-20)9-10-18(16)19/h4-5,7-10,12,20H,2-3,6,11,13H2,1H3. The molecule has 1 N–H and O–H groups in total. The van der Waals surface area contributed by atoms with Gasteiger partial charge in [0.25, 0.3) is 0 Å². The molecule has 0 atom stereocenters. The van der Waals surface area contributed by atoms with E-state index in [1.54, 1.807) is 0 Å². The third-order valence-electron chi connectivity index (χ3n) is 4.00. The fourth-order valence-corrected chi connectivity index (χ4v) is 2.96. The average molecular weight is 267 g/mol. The summed E-state index contributed by atoms with van der Waals surface area (Å²) in [5.41, 5.74) is 3.56. The molecule has 1 aromatic heterocycles. The lowest BCUT2D eigenvalue weighted by Gasteiger charge is -2.07. The van der Waals surface area contributed by atoms with Gasteiger partial charge in [0.2, 0.25) is 0 Å². The average Bonchev–Trinajstić information content (AvgIpc) is 2.81. The Labute approximate surface area is 119 Å². The smallest absolute Gasteiger partial charge is 0.0682 e. The van der Waals surface area contributed by atoms with Crippen molar-refractivity contribution in [1.29, 1.82) is 0 Å². The summed E-state index contributed by atoms with van der Waals surface area (Å²) in [5, 5.41) is 11.9. The maximum atomic E-state index is 9.34. The minimum Gasteiger partial charge on any atom is -0.392 e. The lowest BCUT2D eigenvalue weighted by molar-refractivity contribution is 0.282. The molecule has 0 saturated heterocycles. The van der Waals surface area contributed by atoms with Crippen LogP contribution in [0.25, 0.3) is 21.8 Å². The van der Waals surface area contributed by atoms with Crippen molar-refractivity contribution in [3.05, 3.63) is 48.0 Å². The molecule has 0 aliphatic heterocycles. The molecule has 0 unspecified atom stereocenters. The van der Waals surface area contributed by atoms with Gasteiger partial charge in [0.05, 0.1) is 6.61 Å². The first-order valence-electron chi connectivity index (χ1n) is 7.46. The van der Waals surface area contributed by atoms with Crippen LogP contribution in [-0.4, -0.2) is 9.67 Å². The van der Waals surface area contributed by atoms with Crippen LogP contribution in [0.2, 0.25) is 0 Å². The maximum Gasteiger partial charge on any atom is 0.0682 e. The molecule has 3 rings (SSSR count). The van der Waals surface area contributed by atoms with E-state index in [4.69, 9.17) is 0 Å². The Morgan fingerprint density at radius 2 is 1.75 bits per heavy atom. The predicted octanol–water partition coefficient (Wildman–Crippen LogP) is 4.48. The molecule has 0 bridgehead atoms. The minimum absolute atomic E-state index is 0.102. The quantitative estimate of drug-likeness (QED) is 0.678. The van der Waals surface area contributed by atoms with Gasteiger partial charge in [0.15, 0.2) is 0 Å². The molecular weight excluding hydrogens is 246 g/mol. The summed E-state index contributed by atoms with van der Waals surface area (Å²) in [4.78, 5) is 0. The number of aromatic nitrogens is 1. The van der Waals surface area contributed by atoms with E-state index in [1.165, 1.54) is 41.1 Å². The zero-order valence-electron chi connectivity index (χ0n) is 12.0. The minimum atomic E-state index is 0.102. The number of benzene rings is 2. The molecule has 104 valence electrons. The number of aliphatic hydroxyl groups is 1. The lowest BCUT2D eigenvalue weighted by Crippen LogP contribution is -1.97. The zero-order valence-corrected chi connectivity index (χ0v) is 12.0. The van der Waals surface area contributed by atoms with Crippen molar-refractivity contribution in [2.45, 2.75) is 39.3 Å². The van der Waals surface area contributed by atoms with Crippen LogP contribution in [0, 0.1) is 0 Å². The van der Waals surface area contributed by atoms with E-state index >= 15 is 0 Å². The van der Waals surface area contributed by atoms with Crippen LogP contribution < -0.4 is 0 Å². The van der Waals surface area contributed by atoms with Gasteiger partial charge < -0.3 is 9.67 Å². The SMILES string of the molecule is CCCCCn1c2ccccc2c2cc(CO)ccc21. The maximum absolute atomic E-state index is 9.34. The van der Waals surface area contributed by atoms with Gasteiger partial charge in [0, 0.05) is 28.4 Å². The number of aryl methyl sites for hydroxylation is 1. The Balaban J connectivity index is 2.19. The summed E-state index contributed by atoms with van der Waals surface area (Å²) in [6.45, 7) is 3.40. The normalized spacial score (nSPS) is 11.5. The van der Waals surface area contributed by atoms with E-state index in [0.717, 1.165) is 12.1 Å². The summed E-state index contributed by atoms with van der Waals surface area (Å²) in [7, 11) is 0. The molecule has 3 aromatic rings. The second-order valence-electron chi connectivity index (χ2n) is 5.39. The van der Waals surface area contributed by atoms with Gasteiger partial charge in [-0.2, -0.15) is 0 Å². The molecule has 2 heteroatoms. The van der Waals surface area contributed by atoms with Crippen molar-refractivity contribution in [3.8, 4) is 0 Å². The van der Waals surface area contributed by atoms with Gasteiger partial charge in [0.1, 0.15) is 0 Å². The topological polar surface area (TPSA) is 25.2 Å². The van der Waals surface area contributed by atoms with Gasteiger partial charge in [-0.05, 0) is 30.2 Å². The van der Waals surface area contributed by atoms with Crippen LogP contribution in [0.1, 0.15) is 31.7 Å². The highest BCUT2D eigenvalue weighted by molar-refractivity contribution is 6.08. The highest BCUT2D eigenvalue weighted by atomic mass is 16.3. The molecule has 0 aliphatic carbocycles. The summed E-state index contributed by atoms with van der Waals surface area (Å²) in [6, 6.07) is 14.8. The molecule has 0 saturated carbocycles. The van der Waals surface area contributed by atoms with Gasteiger partial charge in [-0.3, -0.25) is 0 Å². The fourth-order valence-electron chi connectivity index (χ4n) is 2.96. The Kier molecular flexibility index (Phi) is 3.75. The van der Waals surface area contributed by atoms with Gasteiger partial charge >= 0.3 is 0 Å². The van der Waals surface area contributed by atoms with Gasteiger partial charge in [-0.1, -0.05) is 44.0 Å². The Morgan fingerprint density at radius 3 is 2.55 bits per heavy atom. The monoisotopic (exact) mass is 267 g/mol. The van der Waals surface area contributed by atoms with Crippen LogP contribution in [0.3, 0.4) is 0 Å². The van der Waals surface area contributed by atoms with Crippen molar-refractivity contribution in [1.82, 2.24) is 4.57 Å². The van der Waals surface area contributed by atoms with Gasteiger partial charge in [-0.15, -0.1) is 0 Å². The Morgan fingerprint density at radius 1 is 0.950 bits per heavy atom. The second kappa shape index (κ2) is 5.68. The number of hydrogen-bond acceptors (Lipinski definition) is 1. The second-order valence-corrected chi connectivity index (χ2v) is 5.39. The molecule has 20 heavy (non-hydrogen) atoms. The highest BCUT2D eigenvalue weighted by Crippen LogP contribution is 2.30. The molecule has 1 heterocycles. The summed E-state index contributed by atoms with van der Waals surface area (Å²) < 4.78 is 2.42. The summed E-state index contributed by atoms with van der Waals surface area (Å²) in [5.74, 6) is 0. The lowest BCUT2D eigenvalue weighted by atomic mass is 10.1. The third kappa shape index (κ3) is 2.20. The molecule has 0 spiro atoms. The largest absolute Gasteiger partial charge is 0.392 e. The van der Waals surface area contributed by atoms with Crippen molar-refractivity contribution in [2.24, 2.45) is 0 Å². The predicted molar refractivity (Wildman–Crippen MR) is 84.9 cm³/mol. The van der Waals surface area contributed by atoms with Gasteiger partial charge in [-0.25, -0.2) is 0 Å². The fraction of sp³-hybridized carbons (Fsp3) is 0.333. The number of hydrogen-bond donors (Lipinski definition) is 1. The number of nitrogens with zero attached hydrogens (tertiary/aromatic N) is 1. The van der Waals surface area contributed by atoms with Crippen LogP contribution in [0.4, 0.5) is 0 Å². The molecule has 2 nitrogen and oxygen atoms in total. The van der Waals surface area contributed by atoms with E-state index < -0.39 is 0 Å². The zero-order chi connectivity index (χ0) is 13.9. The van der Waals surface area contributed by atoms with Crippen molar-refractivity contribution < 1.29 is 5.11 Å². The van der Waals surface area contributed by atoms with Crippen molar-refractivity contribution in [2.75, 3.05) is 0 Å². The van der Waals surface area contributed by atoms with Crippen molar-refractivity contribution in [3.63, 3.8) is 0 Å². The number of unbranched alkanes of at least 4 members (excludes halogenated alkanes) is 2. The van der Waals surface area contributed by atoms with Crippen LogP contribution in [0.5, 0.6) is 0 Å². The summed E-state index contributed by atoms with van der Waals surface area (Å²) in [6.07, 6.45) is 3.72. The number of aliphatic hydroxyl groups excluding tert-OH is 1. The summed E-state index contributed by atoms with van der Waals surface area (Å²) >= 11 is 0. The first kappa shape index (κ1) is 13.2. The van der Waals surface area contributed by atoms with E-state index in [9.17, 15) is 5.11 Å². The van der Waals surface area contributed by atoms with E-state index in [-0.39, 0.29) is 6.61 Å². The Bertz CT molecular complexity index is 727. The molecular formula is C18H21NO. The molecule has 0 fully saturated rings. The van der Waals surface area contributed by atoms with Crippen molar-refractivity contribution >= 4 is 21.8 Å². The first-order chi connectivity index (χ1) is 9.85. The molecule has 0 radical (unpaired) electrons. The van der Waals surface area contributed by atoms with Crippen LogP contribution in [0.15, 0.2) is 42.5 Å². The number of rotatable bonds is 5. The van der Waals surface area contributed by atoms with E-state index in [0.29, 0.717) is 0 Å². The Hall–Kier alpha value is -1.80. The highest BCUT2D eigenvalue weighted by Gasteiger charge is 2.10. The molecule has 0 aliphatic rings. The van der Waals surface area contributed by atoms with E-state index in [1.807, 2.05) is 6.07 Å². The first-order valence-corrected chi connectivity index (χ1v) is 7.46. The van der Waals surface area contributed by atoms with Crippen LogP contribution >= 0.6 is 0 Å². The van der Waals surface area contributed by atoms with E-state index in [2.05, 4.69) is 47.9 Å². The third-order valence-corrected chi connectivity index (χ3v) is 4.00. The molecule has 2 aromatic carbocycles.